The van der Waals surface area contributed by atoms with E-state index in [0.717, 1.165) is 40.3 Å². The van der Waals surface area contributed by atoms with Crippen LogP contribution in [0.2, 0.25) is 0 Å². The predicted molar refractivity (Wildman–Crippen MR) is 141 cm³/mol. The summed E-state index contributed by atoms with van der Waals surface area (Å²) < 4.78 is 1.11. The molecule has 6 heteroatoms. The SMILES string of the molecule is Cc1ccc(C(=O)N2CCN(c3ncnc4cc(-c5ccc(C(C)(C)C)cc5)sc34)CC2)cc1. The number of nitrogens with zero attached hydrogens (tertiary/aromatic N) is 4. The number of amides is 1. The molecule has 4 aromatic rings. The molecule has 0 atom stereocenters. The van der Waals surface area contributed by atoms with Crippen molar-refractivity contribution in [2.24, 2.45) is 0 Å². The maximum atomic E-state index is 12.9. The molecular formula is C28H30N4OS. The van der Waals surface area contributed by atoms with Gasteiger partial charge in [0.15, 0.2) is 0 Å². The van der Waals surface area contributed by atoms with E-state index in [1.165, 1.54) is 16.0 Å². The summed E-state index contributed by atoms with van der Waals surface area (Å²) in [6, 6.07) is 18.8. The lowest BCUT2D eigenvalue weighted by molar-refractivity contribution is 0.0746. The van der Waals surface area contributed by atoms with Crippen molar-refractivity contribution < 1.29 is 4.79 Å². The molecule has 0 N–H and O–H groups in total. The number of benzene rings is 2. The maximum absolute atomic E-state index is 12.9. The molecule has 1 fully saturated rings. The quantitative estimate of drug-likeness (QED) is 0.373. The number of aryl methyl sites for hydroxylation is 1. The first-order valence-corrected chi connectivity index (χ1v) is 12.6. The molecule has 5 rings (SSSR count). The number of aromatic nitrogens is 2. The normalized spacial score (nSPS) is 14.6. The summed E-state index contributed by atoms with van der Waals surface area (Å²) in [5.41, 5.74) is 5.56. The minimum atomic E-state index is 0.101. The molecule has 1 aliphatic heterocycles. The van der Waals surface area contributed by atoms with Crippen LogP contribution in [0.5, 0.6) is 0 Å². The Kier molecular flexibility index (Phi) is 5.86. The molecule has 174 valence electrons. The average molecular weight is 471 g/mol. The molecule has 1 aliphatic rings. The van der Waals surface area contributed by atoms with E-state index in [1.807, 2.05) is 36.1 Å². The molecule has 1 saturated heterocycles. The Labute approximate surface area is 205 Å². The van der Waals surface area contributed by atoms with E-state index in [9.17, 15) is 4.79 Å². The second-order valence-corrected chi connectivity index (χ2v) is 11.0. The van der Waals surface area contributed by atoms with Gasteiger partial charge in [-0.1, -0.05) is 62.7 Å². The van der Waals surface area contributed by atoms with E-state index in [4.69, 9.17) is 0 Å². The van der Waals surface area contributed by atoms with Gasteiger partial charge in [0.2, 0.25) is 0 Å². The zero-order valence-corrected chi connectivity index (χ0v) is 21.0. The minimum Gasteiger partial charge on any atom is -0.352 e. The van der Waals surface area contributed by atoms with Crippen LogP contribution < -0.4 is 4.90 Å². The molecule has 1 amide bonds. The van der Waals surface area contributed by atoms with Crippen LogP contribution in [0.1, 0.15) is 42.3 Å². The van der Waals surface area contributed by atoms with Gasteiger partial charge in [-0.05, 0) is 41.7 Å². The number of carbonyl (C=O) groups excluding carboxylic acids is 1. The summed E-state index contributed by atoms with van der Waals surface area (Å²) >= 11 is 1.74. The Morgan fingerprint density at radius 1 is 0.912 bits per heavy atom. The van der Waals surface area contributed by atoms with Gasteiger partial charge in [-0.3, -0.25) is 4.79 Å². The van der Waals surface area contributed by atoms with E-state index < -0.39 is 0 Å². The van der Waals surface area contributed by atoms with Gasteiger partial charge in [0, 0.05) is 36.6 Å². The van der Waals surface area contributed by atoms with Gasteiger partial charge >= 0.3 is 0 Å². The molecule has 2 aromatic heterocycles. The van der Waals surface area contributed by atoms with Gasteiger partial charge in [-0.2, -0.15) is 0 Å². The van der Waals surface area contributed by atoms with E-state index in [0.29, 0.717) is 13.1 Å². The first kappa shape index (κ1) is 22.5. The fourth-order valence-electron chi connectivity index (χ4n) is 4.34. The molecule has 3 heterocycles. The van der Waals surface area contributed by atoms with Crippen LogP contribution >= 0.6 is 11.3 Å². The average Bonchev–Trinajstić information content (AvgIpc) is 3.28. The molecule has 0 radical (unpaired) electrons. The molecule has 0 bridgehead atoms. The highest BCUT2D eigenvalue weighted by Gasteiger charge is 2.25. The Bertz CT molecular complexity index is 1310. The molecule has 0 spiro atoms. The third-order valence-corrected chi connectivity index (χ3v) is 7.66. The number of anilines is 1. The summed E-state index contributed by atoms with van der Waals surface area (Å²) in [6.45, 7) is 11.6. The second-order valence-electron chi connectivity index (χ2n) is 9.99. The molecule has 0 saturated carbocycles. The Balaban J connectivity index is 1.34. The van der Waals surface area contributed by atoms with Crippen molar-refractivity contribution in [3.8, 4) is 10.4 Å². The maximum Gasteiger partial charge on any atom is 0.253 e. The van der Waals surface area contributed by atoms with Gasteiger partial charge in [0.05, 0.1) is 10.2 Å². The third kappa shape index (κ3) is 4.42. The molecule has 34 heavy (non-hydrogen) atoms. The molecule has 0 aliphatic carbocycles. The second kappa shape index (κ2) is 8.84. The van der Waals surface area contributed by atoms with Crippen LogP contribution in [-0.2, 0) is 5.41 Å². The van der Waals surface area contributed by atoms with Crippen LogP contribution in [0.3, 0.4) is 0 Å². The summed E-state index contributed by atoms with van der Waals surface area (Å²) in [5, 5.41) is 0. The van der Waals surface area contributed by atoms with Crippen molar-refractivity contribution in [3.05, 3.63) is 77.6 Å². The van der Waals surface area contributed by atoms with Crippen molar-refractivity contribution in [2.75, 3.05) is 31.1 Å². The zero-order valence-electron chi connectivity index (χ0n) is 20.2. The standard InChI is InChI=1S/C28H30N4OS/c1-19-5-7-21(8-6-19)27(33)32-15-13-31(14-16-32)26-25-23(29-18-30-26)17-24(34-25)20-9-11-22(12-10-20)28(2,3)4/h5-12,17-18H,13-16H2,1-4H3. The number of piperazine rings is 1. The van der Waals surface area contributed by atoms with Crippen molar-refractivity contribution in [2.45, 2.75) is 33.1 Å². The van der Waals surface area contributed by atoms with Crippen molar-refractivity contribution in [1.29, 1.82) is 0 Å². The minimum absolute atomic E-state index is 0.101. The lowest BCUT2D eigenvalue weighted by Gasteiger charge is -2.35. The van der Waals surface area contributed by atoms with Crippen LogP contribution in [0.25, 0.3) is 20.7 Å². The zero-order chi connectivity index (χ0) is 23.9. The highest BCUT2D eigenvalue weighted by Crippen LogP contribution is 2.37. The van der Waals surface area contributed by atoms with Gasteiger partial charge in [-0.15, -0.1) is 11.3 Å². The van der Waals surface area contributed by atoms with Crippen molar-refractivity contribution in [3.63, 3.8) is 0 Å². The van der Waals surface area contributed by atoms with Crippen LogP contribution in [-0.4, -0.2) is 47.0 Å². The molecule has 2 aromatic carbocycles. The monoisotopic (exact) mass is 470 g/mol. The Morgan fingerprint density at radius 2 is 1.59 bits per heavy atom. The topological polar surface area (TPSA) is 49.3 Å². The molecule has 5 nitrogen and oxygen atoms in total. The smallest absolute Gasteiger partial charge is 0.253 e. The summed E-state index contributed by atoms with van der Waals surface area (Å²) in [7, 11) is 0. The number of hydrogen-bond donors (Lipinski definition) is 0. The van der Waals surface area contributed by atoms with Gasteiger partial charge in [-0.25, -0.2) is 9.97 Å². The highest BCUT2D eigenvalue weighted by molar-refractivity contribution is 7.22. The van der Waals surface area contributed by atoms with Gasteiger partial charge in [0.25, 0.3) is 5.91 Å². The Morgan fingerprint density at radius 3 is 2.24 bits per heavy atom. The van der Waals surface area contributed by atoms with Crippen LogP contribution in [0.15, 0.2) is 60.9 Å². The summed E-state index contributed by atoms with van der Waals surface area (Å²) in [4.78, 5) is 27.5. The summed E-state index contributed by atoms with van der Waals surface area (Å²) in [5.74, 6) is 1.07. The van der Waals surface area contributed by atoms with E-state index >= 15 is 0 Å². The van der Waals surface area contributed by atoms with Crippen molar-refractivity contribution >= 4 is 33.3 Å². The number of carbonyl (C=O) groups is 1. The van der Waals surface area contributed by atoms with Crippen LogP contribution in [0.4, 0.5) is 5.82 Å². The van der Waals surface area contributed by atoms with E-state index in [2.05, 4.69) is 66.0 Å². The lowest BCUT2D eigenvalue weighted by Crippen LogP contribution is -2.49. The predicted octanol–water partition coefficient (Wildman–Crippen LogP) is 5.93. The number of rotatable bonds is 3. The first-order valence-electron chi connectivity index (χ1n) is 11.8. The highest BCUT2D eigenvalue weighted by atomic mass is 32.1. The van der Waals surface area contributed by atoms with Crippen LogP contribution in [0, 0.1) is 6.92 Å². The fraction of sp³-hybridized carbons (Fsp3) is 0.321. The third-order valence-electron chi connectivity index (χ3n) is 6.49. The van der Waals surface area contributed by atoms with Gasteiger partial charge < -0.3 is 9.80 Å². The fourth-order valence-corrected chi connectivity index (χ4v) is 5.48. The number of fused-ring (bicyclic) bond motifs is 1. The summed E-state index contributed by atoms with van der Waals surface area (Å²) in [6.07, 6.45) is 1.65. The van der Waals surface area contributed by atoms with E-state index in [-0.39, 0.29) is 11.3 Å². The number of thiophene rings is 1. The lowest BCUT2D eigenvalue weighted by atomic mass is 9.86. The first-order chi connectivity index (χ1) is 16.3. The van der Waals surface area contributed by atoms with Crippen molar-refractivity contribution in [1.82, 2.24) is 14.9 Å². The largest absolute Gasteiger partial charge is 0.352 e. The molecular weight excluding hydrogens is 440 g/mol. The molecule has 0 unspecified atom stereocenters. The Hall–Kier alpha value is -3.25. The number of hydrogen-bond acceptors (Lipinski definition) is 5. The van der Waals surface area contributed by atoms with E-state index in [1.54, 1.807) is 17.7 Å². The van der Waals surface area contributed by atoms with Gasteiger partial charge in [0.1, 0.15) is 12.1 Å².